The van der Waals surface area contributed by atoms with E-state index in [9.17, 15) is 108 Å². The van der Waals surface area contributed by atoms with Crippen LogP contribution in [0.15, 0.2) is 72.8 Å². The first-order chi connectivity index (χ1) is 31.8. The molecule has 6 unspecified atom stereocenters. The third kappa shape index (κ3) is 23.7. The molecule has 0 radical (unpaired) electrons. The molecule has 0 saturated heterocycles. The molecule has 33 heteroatoms. The zero-order chi connectivity index (χ0) is 53.2. The van der Waals surface area contributed by atoms with Crippen LogP contribution in [-0.2, 0) is 60.7 Å². The molecule has 0 bridgehead atoms. The smallest absolute Gasteiger partial charge is 0.267 e. The second-order valence-corrected chi connectivity index (χ2v) is 25.3. The minimum atomic E-state index is -4.73. The predicted molar refractivity (Wildman–Crippen MR) is 251 cm³/mol. The fourth-order valence-corrected chi connectivity index (χ4v) is 10.9. The van der Waals surface area contributed by atoms with Crippen molar-refractivity contribution in [1.29, 1.82) is 0 Å². The molecule has 0 amide bonds. The Bertz CT molecular complexity index is 2420. The molecule has 0 spiro atoms. The molecule has 70 heavy (non-hydrogen) atoms. The van der Waals surface area contributed by atoms with E-state index in [2.05, 4.69) is 0 Å². The molecule has 0 aromatic heterocycles. The van der Waals surface area contributed by atoms with Crippen LogP contribution in [0.4, 0.5) is 17.1 Å². The molecular weight excluding hydrogens is 1060 g/mol. The van der Waals surface area contributed by atoms with Crippen molar-refractivity contribution in [2.45, 2.75) is 42.5 Å². The lowest BCUT2D eigenvalue weighted by Crippen LogP contribution is -2.42. The Labute approximate surface area is 404 Å². The van der Waals surface area contributed by atoms with Crippen molar-refractivity contribution in [2.75, 3.05) is 88.5 Å². The second kappa shape index (κ2) is 24.8. The first kappa shape index (κ1) is 60.6. The van der Waals surface area contributed by atoms with Gasteiger partial charge < -0.3 is 45.3 Å². The van der Waals surface area contributed by atoms with E-state index < -0.39 is 177 Å². The van der Waals surface area contributed by atoms with Gasteiger partial charge in [-0.25, -0.2) is 0 Å². The first-order valence-electron chi connectivity index (χ1n) is 20.2. The zero-order valence-electron chi connectivity index (χ0n) is 36.5. The first-order valence-corrected chi connectivity index (χ1v) is 29.8. The summed E-state index contributed by atoms with van der Waals surface area (Å²) in [6.45, 7) is -3.60. The maximum atomic E-state index is 11.5. The number of hydrogen-bond acceptors (Lipinski definition) is 21. The normalized spacial score (nSPS) is 16.1. The molecule has 3 rings (SSSR count). The van der Waals surface area contributed by atoms with Crippen LogP contribution >= 0.6 is 0 Å². The molecule has 12 N–H and O–H groups in total. The van der Waals surface area contributed by atoms with Crippen molar-refractivity contribution in [3.8, 4) is 0 Å². The summed E-state index contributed by atoms with van der Waals surface area (Å²) in [5.41, 5.74) is 1.70. The molecule has 398 valence electrons. The van der Waals surface area contributed by atoms with Crippen LogP contribution in [0.3, 0.4) is 0 Å². The molecule has 3 aromatic rings. The maximum Gasteiger partial charge on any atom is 0.267 e. The third-order valence-electron chi connectivity index (χ3n) is 9.78. The van der Waals surface area contributed by atoms with Gasteiger partial charge in [0.25, 0.3) is 60.7 Å². The number of nitrogens with zero attached hydrogens (tertiary/aromatic N) is 3. The Morgan fingerprint density at radius 1 is 0.286 bits per heavy atom. The Morgan fingerprint density at radius 2 is 0.429 bits per heavy atom. The van der Waals surface area contributed by atoms with Gasteiger partial charge in [-0.1, -0.05) is 36.4 Å². The van der Waals surface area contributed by atoms with Crippen LogP contribution in [0.1, 0.15) is 22.6 Å². The van der Waals surface area contributed by atoms with Gasteiger partial charge in [-0.15, -0.1) is 0 Å². The molecule has 0 aliphatic carbocycles. The summed E-state index contributed by atoms with van der Waals surface area (Å²) >= 11 is 0. The van der Waals surface area contributed by atoms with Crippen LogP contribution in [0.25, 0.3) is 0 Å². The Balaban J connectivity index is 2.22. The molecule has 0 heterocycles. The summed E-state index contributed by atoms with van der Waals surface area (Å²) in [6, 6.07) is 17.5. The zero-order valence-corrected chi connectivity index (χ0v) is 41.4. The third-order valence-corrected chi connectivity index (χ3v) is 14.6. The average molecular weight is 1120 g/mol. The van der Waals surface area contributed by atoms with Crippen molar-refractivity contribution in [3.05, 3.63) is 89.5 Å². The van der Waals surface area contributed by atoms with E-state index in [0.29, 0.717) is 16.7 Å². The van der Waals surface area contributed by atoms with Crippen LogP contribution in [0, 0.1) is 0 Å². The molecular formula is C37H55N3O24S6. The fourth-order valence-electron chi connectivity index (χ4n) is 7.37. The van der Waals surface area contributed by atoms with Crippen LogP contribution in [-0.4, -0.2) is 219 Å². The lowest BCUT2D eigenvalue weighted by Gasteiger charge is -2.30. The van der Waals surface area contributed by atoms with E-state index in [1.54, 1.807) is 0 Å². The summed E-state index contributed by atoms with van der Waals surface area (Å²) in [7, 11) is -28.4. The van der Waals surface area contributed by atoms with E-state index in [-0.39, 0.29) is 17.1 Å². The highest BCUT2D eigenvalue weighted by Crippen LogP contribution is 2.35. The standard InChI is InChI=1S/C37H55N3O24S6/c41-31(19-65(47,48)49)13-38(14-32(42)20-66(50,51)52)28-7-1-25(2-8-28)37(26-3-9-29(10-4-26)39(15-33(43)21-67(53,54)55)16-34(44)22-68(56,57)58)27-5-11-30(12-6-27)40(17-35(45)23-69(59,60)61)18-36(46)24-70(62,63)64/h1-12,31-37,41-46H,13-24H2,(H,47,48,49)(H,50,51,52)(H,53,54,55)(H,56,57,58)(H,59,60,61)(H,62,63,64). The topological polar surface area (TPSA) is 457 Å². The molecule has 0 aliphatic rings. The van der Waals surface area contributed by atoms with Gasteiger partial charge in [0.05, 0.1) is 36.6 Å². The van der Waals surface area contributed by atoms with Crippen molar-refractivity contribution in [3.63, 3.8) is 0 Å². The van der Waals surface area contributed by atoms with Crippen molar-refractivity contribution < 1.29 is 108 Å². The molecule has 0 saturated carbocycles. The van der Waals surface area contributed by atoms with E-state index in [1.807, 2.05) is 0 Å². The summed E-state index contributed by atoms with van der Waals surface area (Å²) in [5, 5.41) is 62.8. The molecule has 3 aromatic carbocycles. The highest BCUT2D eigenvalue weighted by molar-refractivity contribution is 7.87. The van der Waals surface area contributed by atoms with E-state index in [4.69, 9.17) is 0 Å². The molecule has 0 fully saturated rings. The quantitative estimate of drug-likeness (QED) is 0.0231. The number of hydrogen-bond donors (Lipinski definition) is 12. The van der Waals surface area contributed by atoms with Gasteiger partial charge in [0.1, 0.15) is 34.5 Å². The van der Waals surface area contributed by atoms with Gasteiger partial charge in [-0.05, 0) is 53.1 Å². The average Bonchev–Trinajstić information content (AvgIpc) is 3.13. The second-order valence-electron chi connectivity index (χ2n) is 16.3. The van der Waals surface area contributed by atoms with Crippen LogP contribution in [0.2, 0.25) is 0 Å². The van der Waals surface area contributed by atoms with E-state index >= 15 is 0 Å². The number of aliphatic hydroxyl groups excluding tert-OH is 6. The fraction of sp³-hybridized carbons (Fsp3) is 0.514. The van der Waals surface area contributed by atoms with Gasteiger partial charge >= 0.3 is 0 Å². The summed E-state index contributed by atoms with van der Waals surface area (Å²) < 4.78 is 194. The van der Waals surface area contributed by atoms with Crippen LogP contribution in [0.5, 0.6) is 0 Å². The summed E-state index contributed by atoms with van der Waals surface area (Å²) in [5.74, 6) is -7.79. The lowest BCUT2D eigenvalue weighted by molar-refractivity contribution is 0.177. The summed E-state index contributed by atoms with van der Waals surface area (Å²) in [4.78, 5) is 3.49. The van der Waals surface area contributed by atoms with Gasteiger partial charge in [0.2, 0.25) is 0 Å². The minimum absolute atomic E-state index is 0.141. The Hall–Kier alpha value is -3.72. The largest absolute Gasteiger partial charge is 0.390 e. The summed E-state index contributed by atoms with van der Waals surface area (Å²) in [6.07, 6.45) is -10.7. The van der Waals surface area contributed by atoms with Gasteiger partial charge in [0, 0.05) is 62.2 Å². The highest BCUT2D eigenvalue weighted by atomic mass is 32.2. The Kier molecular flexibility index (Phi) is 21.5. The Morgan fingerprint density at radius 3 is 0.557 bits per heavy atom. The van der Waals surface area contributed by atoms with E-state index in [0.717, 1.165) is 14.7 Å². The SMILES string of the molecule is O=S(=O)(O)CC(O)CN(CC(O)CS(=O)(=O)O)c1ccc(C(c2ccc(N(CC(O)CS(=O)(=O)O)CC(O)CS(=O)(=O)O)cc2)c2ccc(N(CC(O)CS(=O)(=O)O)CC(O)CS(=O)(=O)O)cc2)cc1. The van der Waals surface area contributed by atoms with E-state index in [1.165, 1.54) is 72.8 Å². The van der Waals surface area contributed by atoms with Crippen molar-refractivity contribution >= 4 is 77.8 Å². The van der Waals surface area contributed by atoms with Crippen molar-refractivity contribution in [2.24, 2.45) is 0 Å². The van der Waals surface area contributed by atoms with Gasteiger partial charge in [-0.3, -0.25) is 27.3 Å². The maximum absolute atomic E-state index is 11.5. The van der Waals surface area contributed by atoms with Crippen LogP contribution < -0.4 is 14.7 Å². The molecule has 6 atom stereocenters. The highest BCUT2D eigenvalue weighted by Gasteiger charge is 2.28. The van der Waals surface area contributed by atoms with Gasteiger partial charge in [-0.2, -0.15) is 50.5 Å². The van der Waals surface area contributed by atoms with Crippen molar-refractivity contribution in [1.82, 2.24) is 0 Å². The number of aliphatic hydroxyl groups is 6. The number of rotatable bonds is 30. The predicted octanol–water partition coefficient (Wildman–Crippen LogP) is -3.22. The molecule has 0 aliphatic heterocycles. The lowest BCUT2D eigenvalue weighted by atomic mass is 9.84. The number of anilines is 3. The minimum Gasteiger partial charge on any atom is -0.390 e. The van der Waals surface area contributed by atoms with Gasteiger partial charge in [0.15, 0.2) is 0 Å². The monoisotopic (exact) mass is 1120 g/mol. The number of benzene rings is 3. The molecule has 27 nitrogen and oxygen atoms in total.